The van der Waals surface area contributed by atoms with Crippen molar-refractivity contribution in [1.29, 1.82) is 0 Å². The molecule has 98 valence electrons. The van der Waals surface area contributed by atoms with Gasteiger partial charge in [0.25, 0.3) is 5.91 Å². The summed E-state index contributed by atoms with van der Waals surface area (Å²) in [7, 11) is 0. The summed E-state index contributed by atoms with van der Waals surface area (Å²) in [6, 6.07) is -2.40. The fourth-order valence-electron chi connectivity index (χ4n) is 2.24. The summed E-state index contributed by atoms with van der Waals surface area (Å²) >= 11 is 0. The number of nitrogens with two attached hydrogens (primary N) is 1. The molecule has 0 spiro atoms. The van der Waals surface area contributed by atoms with Gasteiger partial charge in [0.15, 0.2) is 0 Å². The number of hydrogen-bond acceptors (Lipinski definition) is 4. The Morgan fingerprint density at radius 2 is 2.21 bits per heavy atom. The summed E-state index contributed by atoms with van der Waals surface area (Å²) in [5, 5.41) is 2.12. The number of anilines is 1. The Bertz CT molecular complexity index is 768. The van der Waals surface area contributed by atoms with Crippen molar-refractivity contribution in [2.24, 2.45) is 0 Å². The number of nitrogens with one attached hydrogen (secondary N) is 1. The molecule has 2 aliphatic heterocycles. The van der Waals surface area contributed by atoms with E-state index in [1.165, 1.54) is 0 Å². The minimum absolute atomic E-state index is 0.0225. The van der Waals surface area contributed by atoms with E-state index in [0.717, 1.165) is 4.90 Å². The Morgan fingerprint density at radius 3 is 2.95 bits per heavy atom. The molecule has 0 aromatic heterocycles. The quantitative estimate of drug-likeness (QED) is 0.552. The zero-order chi connectivity index (χ0) is 17.0. The van der Waals surface area contributed by atoms with E-state index >= 15 is 0 Å². The van der Waals surface area contributed by atoms with Crippen molar-refractivity contribution in [1.82, 2.24) is 10.2 Å². The molecule has 6 nitrogen and oxygen atoms in total. The van der Waals surface area contributed by atoms with Gasteiger partial charge in [-0.3, -0.25) is 19.7 Å². The van der Waals surface area contributed by atoms with E-state index in [1.807, 2.05) is 0 Å². The summed E-state index contributed by atoms with van der Waals surface area (Å²) in [5.74, 6) is -1.87. The number of carbonyl (C=O) groups is 3. The normalized spacial score (nSPS) is 29.3. The molecule has 6 heteroatoms. The Balaban J connectivity index is 2.10. The number of amides is 3. The first-order valence-electron chi connectivity index (χ1n) is 7.81. The lowest BCUT2D eigenvalue weighted by molar-refractivity contribution is -0.136. The maximum Gasteiger partial charge on any atom is 0.255 e. The van der Waals surface area contributed by atoms with Gasteiger partial charge in [-0.2, -0.15) is 0 Å². The second kappa shape index (κ2) is 4.08. The number of benzene rings is 1. The average Bonchev–Trinajstić information content (AvgIpc) is 2.75. The van der Waals surface area contributed by atoms with Crippen molar-refractivity contribution < 1.29 is 19.9 Å². The third-order valence-corrected chi connectivity index (χ3v) is 3.21. The molecule has 2 aliphatic rings. The smallest absolute Gasteiger partial charge is 0.255 e. The van der Waals surface area contributed by atoms with E-state index in [9.17, 15) is 14.4 Å². The predicted octanol–water partition coefficient (Wildman–Crippen LogP) is 0.0298. The van der Waals surface area contributed by atoms with E-state index < -0.39 is 48.4 Å². The molecule has 2 heterocycles. The Labute approximate surface area is 115 Å². The van der Waals surface area contributed by atoms with Gasteiger partial charge in [-0.25, -0.2) is 0 Å². The highest BCUT2D eigenvalue weighted by molar-refractivity contribution is 6.06. The summed E-state index contributed by atoms with van der Waals surface area (Å²) in [5.41, 5.74) is 5.32. The van der Waals surface area contributed by atoms with Gasteiger partial charge in [0.1, 0.15) is 6.04 Å². The zero-order valence-corrected chi connectivity index (χ0v) is 9.82. The summed E-state index contributed by atoms with van der Waals surface area (Å²) < 4.78 is 31.5. The largest absolute Gasteiger partial charge is 0.398 e. The maximum atomic E-state index is 12.6. The molecule has 19 heavy (non-hydrogen) atoms. The fraction of sp³-hybridized carbons (Fsp3) is 0.308. The number of imide groups is 1. The molecule has 1 aromatic rings. The number of nitrogen functional groups attached to an aromatic ring is 1. The Hall–Kier alpha value is -2.37. The van der Waals surface area contributed by atoms with E-state index in [4.69, 9.17) is 11.2 Å². The SMILES string of the molecule is [2H]c1c([2H])c(N)c2c(c1[2H])C(=O)N(C1CCC(=O)NC1=O)C2[2H]. The van der Waals surface area contributed by atoms with Crippen LogP contribution in [-0.2, 0) is 16.1 Å². The van der Waals surface area contributed by atoms with E-state index in [1.54, 1.807) is 0 Å². The van der Waals surface area contributed by atoms with Crippen LogP contribution in [0.1, 0.15) is 34.2 Å². The molecule has 3 rings (SSSR count). The minimum atomic E-state index is -1.35. The molecule has 1 fully saturated rings. The molecule has 2 unspecified atom stereocenters. The van der Waals surface area contributed by atoms with Crippen LogP contribution in [0, 0.1) is 0 Å². The number of carbonyl (C=O) groups excluding carboxylic acids is 3. The van der Waals surface area contributed by atoms with Crippen molar-refractivity contribution in [3.05, 3.63) is 29.3 Å². The van der Waals surface area contributed by atoms with Gasteiger partial charge in [0, 0.05) is 29.8 Å². The number of piperidine rings is 1. The molecule has 3 N–H and O–H groups in total. The first-order chi connectivity index (χ1) is 10.8. The van der Waals surface area contributed by atoms with Crippen LogP contribution in [0.3, 0.4) is 0 Å². The van der Waals surface area contributed by atoms with Gasteiger partial charge >= 0.3 is 0 Å². The molecular formula is C13H13N3O3. The third kappa shape index (κ3) is 1.76. The summed E-state index contributed by atoms with van der Waals surface area (Å²) in [6.45, 7) is -1.35. The first kappa shape index (κ1) is 7.93. The summed E-state index contributed by atoms with van der Waals surface area (Å²) in [4.78, 5) is 36.8. The first-order valence-corrected chi connectivity index (χ1v) is 5.73. The van der Waals surface area contributed by atoms with Crippen LogP contribution in [0.15, 0.2) is 18.1 Å². The molecule has 3 amide bonds. The number of hydrogen-bond donors (Lipinski definition) is 2. The van der Waals surface area contributed by atoms with Crippen LogP contribution < -0.4 is 11.1 Å². The average molecular weight is 263 g/mol. The molecule has 2 atom stereocenters. The molecule has 1 saturated heterocycles. The van der Waals surface area contributed by atoms with Crippen molar-refractivity contribution in [2.45, 2.75) is 25.4 Å². The van der Waals surface area contributed by atoms with Gasteiger partial charge in [0.05, 0.1) is 5.48 Å². The molecule has 0 aliphatic carbocycles. The van der Waals surface area contributed by atoms with Crippen LogP contribution in [0.5, 0.6) is 0 Å². The number of rotatable bonds is 1. The lowest BCUT2D eigenvalue weighted by atomic mass is 10.0. The predicted molar refractivity (Wildman–Crippen MR) is 66.9 cm³/mol. The van der Waals surface area contributed by atoms with Crippen molar-refractivity contribution in [2.75, 3.05) is 5.73 Å². The highest BCUT2D eigenvalue weighted by Gasteiger charge is 2.39. The van der Waals surface area contributed by atoms with Gasteiger partial charge in [-0.05, 0) is 18.5 Å². The maximum absolute atomic E-state index is 12.6. The highest BCUT2D eigenvalue weighted by Crippen LogP contribution is 2.30. The number of fused-ring (bicyclic) bond motifs is 1. The highest BCUT2D eigenvalue weighted by atomic mass is 16.2. The second-order valence-corrected chi connectivity index (χ2v) is 4.39. The second-order valence-electron chi connectivity index (χ2n) is 4.39. The van der Waals surface area contributed by atoms with Gasteiger partial charge in [0.2, 0.25) is 11.8 Å². The van der Waals surface area contributed by atoms with Crippen LogP contribution in [0.2, 0.25) is 0 Å². The third-order valence-electron chi connectivity index (χ3n) is 3.21. The Kier molecular flexibility index (Phi) is 1.70. The van der Waals surface area contributed by atoms with Crippen LogP contribution in [-0.4, -0.2) is 28.7 Å². The van der Waals surface area contributed by atoms with Crippen molar-refractivity contribution in [3.63, 3.8) is 0 Å². The summed E-state index contributed by atoms with van der Waals surface area (Å²) in [6.07, 6.45) is 0.119. The minimum Gasteiger partial charge on any atom is -0.398 e. The number of nitrogens with zero attached hydrogens (tertiary/aromatic N) is 1. The monoisotopic (exact) mass is 263 g/mol. The van der Waals surface area contributed by atoms with Gasteiger partial charge < -0.3 is 10.6 Å². The van der Waals surface area contributed by atoms with Crippen LogP contribution >= 0.6 is 0 Å². The van der Waals surface area contributed by atoms with Crippen LogP contribution in [0.25, 0.3) is 0 Å². The standard InChI is InChI=1S/C13H13N3O3/c14-9-3-1-2-7-8(9)6-16(13(7)19)10-4-5-11(17)15-12(10)18/h1-3,10H,4-6,14H2,(H,15,17,18)/i1D,2D,3D,6D. The van der Waals surface area contributed by atoms with Gasteiger partial charge in [-0.15, -0.1) is 0 Å². The van der Waals surface area contributed by atoms with E-state index in [-0.39, 0.29) is 29.7 Å². The van der Waals surface area contributed by atoms with E-state index in [2.05, 4.69) is 5.32 Å². The lowest BCUT2D eigenvalue weighted by Gasteiger charge is -2.29. The zero-order valence-electron chi connectivity index (χ0n) is 13.8. The molecule has 0 bridgehead atoms. The van der Waals surface area contributed by atoms with Crippen molar-refractivity contribution in [3.8, 4) is 0 Å². The van der Waals surface area contributed by atoms with Crippen molar-refractivity contribution >= 4 is 23.4 Å². The van der Waals surface area contributed by atoms with Crippen LogP contribution in [0.4, 0.5) is 5.69 Å². The lowest BCUT2D eigenvalue weighted by Crippen LogP contribution is -2.52. The molecule has 0 radical (unpaired) electrons. The fourth-order valence-corrected chi connectivity index (χ4v) is 2.24. The molecular weight excluding hydrogens is 246 g/mol. The Morgan fingerprint density at radius 1 is 1.42 bits per heavy atom. The topological polar surface area (TPSA) is 92.5 Å². The molecule has 0 saturated carbocycles. The van der Waals surface area contributed by atoms with Gasteiger partial charge in [-0.1, -0.05) is 6.04 Å². The molecule has 1 aromatic carbocycles. The van der Waals surface area contributed by atoms with E-state index in [0.29, 0.717) is 0 Å².